The first-order valence-corrected chi connectivity index (χ1v) is 6.20. The van der Waals surface area contributed by atoms with Crippen LogP contribution in [0, 0.1) is 29.1 Å². The second kappa shape index (κ2) is 3.50. The predicted molar refractivity (Wildman–Crippen MR) is 59.5 cm³/mol. The summed E-state index contributed by atoms with van der Waals surface area (Å²) in [6, 6.07) is 0. The van der Waals surface area contributed by atoms with Gasteiger partial charge in [0.25, 0.3) is 0 Å². The average molecular weight is 210 g/mol. The van der Waals surface area contributed by atoms with E-state index in [9.17, 15) is 4.79 Å². The summed E-state index contributed by atoms with van der Waals surface area (Å²) in [5.74, 6) is 1.42. The molecule has 2 saturated carbocycles. The maximum Gasteiger partial charge on any atom is 0.307 e. The summed E-state index contributed by atoms with van der Waals surface area (Å²) in [5.41, 5.74) is 0.178. The molecule has 0 heterocycles. The molecule has 0 radical (unpaired) electrons. The summed E-state index contributed by atoms with van der Waals surface area (Å²) < 4.78 is 0. The van der Waals surface area contributed by atoms with Crippen molar-refractivity contribution in [2.24, 2.45) is 29.1 Å². The number of aliphatic carboxylic acids is 1. The largest absolute Gasteiger partial charge is 0.481 e. The van der Waals surface area contributed by atoms with Gasteiger partial charge in [0.05, 0.1) is 5.92 Å². The van der Waals surface area contributed by atoms with Crippen LogP contribution in [0.3, 0.4) is 0 Å². The SMILES string of the molecule is CC(C)[C@@H]1CC[C@@H](C)CC12CC2C(=O)O. The van der Waals surface area contributed by atoms with Crippen LogP contribution in [-0.4, -0.2) is 11.1 Å². The third-order valence-corrected chi connectivity index (χ3v) is 4.66. The summed E-state index contributed by atoms with van der Waals surface area (Å²) >= 11 is 0. The molecule has 1 N–H and O–H groups in total. The second-order valence-corrected chi connectivity index (χ2v) is 6.07. The molecular weight excluding hydrogens is 188 g/mol. The molecule has 2 rings (SSSR count). The Morgan fingerprint density at radius 2 is 2.00 bits per heavy atom. The molecular formula is C13H22O2. The van der Waals surface area contributed by atoms with Crippen LogP contribution in [0.25, 0.3) is 0 Å². The maximum absolute atomic E-state index is 11.1. The zero-order chi connectivity index (χ0) is 11.2. The van der Waals surface area contributed by atoms with Crippen molar-refractivity contribution in [3.63, 3.8) is 0 Å². The fourth-order valence-corrected chi connectivity index (χ4v) is 3.94. The zero-order valence-corrected chi connectivity index (χ0v) is 9.99. The van der Waals surface area contributed by atoms with E-state index in [-0.39, 0.29) is 11.3 Å². The van der Waals surface area contributed by atoms with E-state index >= 15 is 0 Å². The summed E-state index contributed by atoms with van der Waals surface area (Å²) in [4.78, 5) is 11.1. The summed E-state index contributed by atoms with van der Waals surface area (Å²) in [6.07, 6.45) is 4.61. The summed E-state index contributed by atoms with van der Waals surface area (Å²) in [7, 11) is 0. The van der Waals surface area contributed by atoms with Crippen molar-refractivity contribution in [3.8, 4) is 0 Å². The Morgan fingerprint density at radius 3 is 2.47 bits per heavy atom. The smallest absolute Gasteiger partial charge is 0.307 e. The average Bonchev–Trinajstić information content (AvgIpc) is 2.79. The van der Waals surface area contributed by atoms with Crippen LogP contribution in [0.5, 0.6) is 0 Å². The van der Waals surface area contributed by atoms with Gasteiger partial charge in [0.1, 0.15) is 0 Å². The minimum absolute atomic E-state index is 0.0346. The van der Waals surface area contributed by atoms with Gasteiger partial charge in [-0.2, -0.15) is 0 Å². The van der Waals surface area contributed by atoms with E-state index in [1.807, 2.05) is 0 Å². The number of hydrogen-bond donors (Lipinski definition) is 1. The Labute approximate surface area is 92.1 Å². The number of carboxylic acid groups (broad SMARTS) is 1. The highest BCUT2D eigenvalue weighted by molar-refractivity contribution is 5.75. The van der Waals surface area contributed by atoms with E-state index in [2.05, 4.69) is 20.8 Å². The normalized spacial score (nSPS) is 44.7. The lowest BCUT2D eigenvalue weighted by atomic mass is 9.66. The fourth-order valence-electron chi connectivity index (χ4n) is 3.94. The van der Waals surface area contributed by atoms with Crippen LogP contribution in [0.15, 0.2) is 0 Å². The van der Waals surface area contributed by atoms with Crippen LogP contribution < -0.4 is 0 Å². The first-order valence-electron chi connectivity index (χ1n) is 6.20. The van der Waals surface area contributed by atoms with Crippen molar-refractivity contribution in [1.82, 2.24) is 0 Å². The van der Waals surface area contributed by atoms with Crippen molar-refractivity contribution in [2.45, 2.75) is 46.5 Å². The van der Waals surface area contributed by atoms with Crippen LogP contribution in [-0.2, 0) is 4.79 Å². The molecule has 2 nitrogen and oxygen atoms in total. The molecule has 2 heteroatoms. The summed E-state index contributed by atoms with van der Waals surface area (Å²) in [5, 5.41) is 9.16. The van der Waals surface area contributed by atoms with Crippen molar-refractivity contribution in [2.75, 3.05) is 0 Å². The molecule has 0 aliphatic heterocycles. The monoisotopic (exact) mass is 210 g/mol. The quantitative estimate of drug-likeness (QED) is 0.760. The van der Waals surface area contributed by atoms with E-state index in [1.54, 1.807) is 0 Å². The van der Waals surface area contributed by atoms with Gasteiger partial charge in [0.2, 0.25) is 0 Å². The molecule has 0 aromatic heterocycles. The molecule has 86 valence electrons. The first-order chi connectivity index (χ1) is 6.97. The van der Waals surface area contributed by atoms with E-state index in [1.165, 1.54) is 12.8 Å². The van der Waals surface area contributed by atoms with Gasteiger partial charge in [-0.15, -0.1) is 0 Å². The van der Waals surface area contributed by atoms with Gasteiger partial charge in [-0.1, -0.05) is 27.2 Å². The maximum atomic E-state index is 11.1. The first kappa shape index (κ1) is 11.0. The predicted octanol–water partition coefficient (Wildman–Crippen LogP) is 3.17. The highest BCUT2D eigenvalue weighted by Gasteiger charge is 2.63. The molecule has 2 unspecified atom stereocenters. The standard InChI is InChI=1S/C13H22O2/c1-8(2)10-5-4-9(3)6-13(10)7-11(13)12(14)15/h8-11H,4-7H2,1-3H3,(H,14,15)/t9-,10+,11?,13?/m1/s1. The van der Waals surface area contributed by atoms with E-state index in [0.717, 1.165) is 18.8 Å². The van der Waals surface area contributed by atoms with Crippen LogP contribution >= 0.6 is 0 Å². The van der Waals surface area contributed by atoms with Crippen LogP contribution in [0.4, 0.5) is 0 Å². The molecule has 15 heavy (non-hydrogen) atoms. The number of hydrogen-bond acceptors (Lipinski definition) is 1. The third-order valence-electron chi connectivity index (χ3n) is 4.66. The number of rotatable bonds is 2. The van der Waals surface area contributed by atoms with Gasteiger partial charge in [0, 0.05) is 0 Å². The molecule has 0 aromatic carbocycles. The van der Waals surface area contributed by atoms with Crippen LogP contribution in [0.2, 0.25) is 0 Å². The fraction of sp³-hybridized carbons (Fsp3) is 0.923. The molecule has 2 aliphatic carbocycles. The minimum Gasteiger partial charge on any atom is -0.481 e. The lowest BCUT2D eigenvalue weighted by molar-refractivity contribution is -0.140. The molecule has 2 fully saturated rings. The Kier molecular flexibility index (Phi) is 2.56. The van der Waals surface area contributed by atoms with Gasteiger partial charge < -0.3 is 5.11 Å². The minimum atomic E-state index is -0.560. The van der Waals surface area contributed by atoms with Crippen molar-refractivity contribution in [1.29, 1.82) is 0 Å². The van der Waals surface area contributed by atoms with Gasteiger partial charge in [0.15, 0.2) is 0 Å². The van der Waals surface area contributed by atoms with Crippen molar-refractivity contribution >= 4 is 5.97 Å². The van der Waals surface area contributed by atoms with Gasteiger partial charge in [-0.05, 0) is 42.4 Å². The van der Waals surface area contributed by atoms with E-state index in [4.69, 9.17) is 5.11 Å². The van der Waals surface area contributed by atoms with Gasteiger partial charge >= 0.3 is 5.97 Å². The van der Waals surface area contributed by atoms with Crippen LogP contribution in [0.1, 0.15) is 46.5 Å². The van der Waals surface area contributed by atoms with E-state index < -0.39 is 5.97 Å². The molecule has 2 aliphatic rings. The third kappa shape index (κ3) is 1.68. The zero-order valence-electron chi connectivity index (χ0n) is 9.99. The Bertz CT molecular complexity index is 272. The molecule has 0 amide bonds. The number of carboxylic acids is 1. The molecule has 4 atom stereocenters. The second-order valence-electron chi connectivity index (χ2n) is 6.07. The number of carbonyl (C=O) groups is 1. The molecule has 0 bridgehead atoms. The van der Waals surface area contributed by atoms with Gasteiger partial charge in [-0.3, -0.25) is 4.79 Å². The Hall–Kier alpha value is -0.530. The topological polar surface area (TPSA) is 37.3 Å². The van der Waals surface area contributed by atoms with Crippen molar-refractivity contribution < 1.29 is 9.90 Å². The van der Waals surface area contributed by atoms with Gasteiger partial charge in [-0.25, -0.2) is 0 Å². The lowest BCUT2D eigenvalue weighted by Gasteiger charge is -2.38. The van der Waals surface area contributed by atoms with E-state index in [0.29, 0.717) is 11.8 Å². The Morgan fingerprint density at radius 1 is 1.33 bits per heavy atom. The molecule has 0 aromatic rings. The highest BCUT2D eigenvalue weighted by Crippen LogP contribution is 2.66. The highest BCUT2D eigenvalue weighted by atomic mass is 16.4. The summed E-state index contributed by atoms with van der Waals surface area (Å²) in [6.45, 7) is 6.77. The Balaban J connectivity index is 2.16. The molecule has 0 saturated heterocycles. The van der Waals surface area contributed by atoms with Crippen molar-refractivity contribution in [3.05, 3.63) is 0 Å². The molecule has 1 spiro atoms. The lowest BCUT2D eigenvalue weighted by Crippen LogP contribution is -2.31.